The van der Waals surface area contributed by atoms with Crippen molar-refractivity contribution in [3.63, 3.8) is 0 Å². The molecule has 1 aromatic rings. The molecule has 0 aromatic heterocycles. The monoisotopic (exact) mass is 358 g/mol. The van der Waals surface area contributed by atoms with E-state index in [2.05, 4.69) is 5.16 Å². The Morgan fingerprint density at radius 1 is 1.35 bits per heavy atom. The first kappa shape index (κ1) is 18.4. The van der Waals surface area contributed by atoms with Crippen molar-refractivity contribution >= 4 is 17.6 Å². The lowest BCUT2D eigenvalue weighted by molar-refractivity contribution is -0.158. The molecule has 0 bridgehead atoms. The minimum atomic E-state index is -0.952. The van der Waals surface area contributed by atoms with E-state index in [4.69, 9.17) is 4.84 Å². The van der Waals surface area contributed by atoms with Crippen molar-refractivity contribution in [3.05, 3.63) is 35.4 Å². The second kappa shape index (κ2) is 7.48. The Morgan fingerprint density at radius 2 is 2.08 bits per heavy atom. The van der Waals surface area contributed by atoms with Gasteiger partial charge in [0.15, 0.2) is 0 Å². The Hall–Kier alpha value is -2.37. The average Bonchev–Trinajstić information content (AvgIpc) is 3.10. The molecule has 0 radical (unpaired) electrons. The smallest absolute Gasteiger partial charge is 0.311 e. The summed E-state index contributed by atoms with van der Waals surface area (Å²) in [6.45, 7) is 4.73. The molecule has 6 nitrogen and oxygen atoms in total. The third-order valence-corrected chi connectivity index (χ3v) is 5.42. The Balaban J connectivity index is 1.69. The molecule has 0 saturated carbocycles. The molecule has 2 aliphatic rings. The van der Waals surface area contributed by atoms with E-state index in [1.165, 1.54) is 5.56 Å². The lowest BCUT2D eigenvalue weighted by atomic mass is 9.74. The summed E-state index contributed by atoms with van der Waals surface area (Å²) in [4.78, 5) is 31.4. The van der Waals surface area contributed by atoms with Crippen molar-refractivity contribution in [1.82, 2.24) is 4.90 Å². The maximum absolute atomic E-state index is 12.1. The molecule has 1 aromatic carbocycles. The first-order valence-electron chi connectivity index (χ1n) is 9.24. The van der Waals surface area contributed by atoms with Crippen LogP contribution in [0, 0.1) is 12.3 Å². The second-order valence-corrected chi connectivity index (χ2v) is 7.40. The molecular formula is C20H26N2O4. The number of carbonyl (C=O) groups excluding carboxylic acids is 1. The normalized spacial score (nSPS) is 25.5. The lowest BCUT2D eigenvalue weighted by Crippen LogP contribution is -2.51. The number of amides is 1. The first-order valence-corrected chi connectivity index (χ1v) is 9.24. The van der Waals surface area contributed by atoms with Crippen LogP contribution in [-0.2, 0) is 14.4 Å². The Kier molecular flexibility index (Phi) is 5.30. The molecule has 0 spiro atoms. The van der Waals surface area contributed by atoms with Gasteiger partial charge in [-0.3, -0.25) is 9.59 Å². The number of carboxylic acids is 1. The number of rotatable bonds is 5. The number of carbonyl (C=O) groups is 2. The summed E-state index contributed by atoms with van der Waals surface area (Å²) < 4.78 is 0. The van der Waals surface area contributed by atoms with Gasteiger partial charge in [-0.05, 0) is 25.3 Å². The molecule has 26 heavy (non-hydrogen) atoms. The van der Waals surface area contributed by atoms with Gasteiger partial charge in [-0.2, -0.15) is 0 Å². The van der Waals surface area contributed by atoms with Gasteiger partial charge in [0, 0.05) is 32.4 Å². The molecule has 2 aliphatic heterocycles. The van der Waals surface area contributed by atoms with Gasteiger partial charge in [0.2, 0.25) is 5.91 Å². The van der Waals surface area contributed by atoms with Gasteiger partial charge in [0.1, 0.15) is 6.10 Å². The van der Waals surface area contributed by atoms with Gasteiger partial charge in [0.25, 0.3) is 0 Å². The highest BCUT2D eigenvalue weighted by atomic mass is 16.6. The van der Waals surface area contributed by atoms with Crippen LogP contribution in [-0.4, -0.2) is 46.8 Å². The van der Waals surface area contributed by atoms with Crippen LogP contribution >= 0.6 is 0 Å². The van der Waals surface area contributed by atoms with Gasteiger partial charge < -0.3 is 14.8 Å². The number of nitrogens with zero attached hydrogens (tertiary/aromatic N) is 2. The van der Waals surface area contributed by atoms with E-state index in [1.54, 1.807) is 11.8 Å². The summed E-state index contributed by atoms with van der Waals surface area (Å²) in [6, 6.07) is 8.07. The molecule has 140 valence electrons. The molecule has 1 amide bonds. The molecule has 1 saturated heterocycles. The van der Waals surface area contributed by atoms with Crippen molar-refractivity contribution < 1.29 is 19.5 Å². The third-order valence-electron chi connectivity index (χ3n) is 5.42. The Morgan fingerprint density at radius 3 is 2.73 bits per heavy atom. The van der Waals surface area contributed by atoms with E-state index >= 15 is 0 Å². The topological polar surface area (TPSA) is 79.2 Å². The number of hydrogen-bond donors (Lipinski definition) is 1. The number of benzene rings is 1. The summed E-state index contributed by atoms with van der Waals surface area (Å²) in [6.07, 6.45) is 2.37. The predicted molar refractivity (Wildman–Crippen MR) is 98.0 cm³/mol. The summed E-state index contributed by atoms with van der Waals surface area (Å²) in [5, 5.41) is 14.1. The van der Waals surface area contributed by atoms with E-state index in [1.807, 2.05) is 31.2 Å². The molecule has 2 atom stereocenters. The van der Waals surface area contributed by atoms with Crippen LogP contribution in [0.5, 0.6) is 0 Å². The number of hydrogen-bond acceptors (Lipinski definition) is 4. The van der Waals surface area contributed by atoms with Crippen molar-refractivity contribution in [1.29, 1.82) is 0 Å². The second-order valence-electron chi connectivity index (χ2n) is 7.40. The number of aryl methyl sites for hydroxylation is 1. The molecule has 1 N–H and O–H groups in total. The highest BCUT2D eigenvalue weighted by Crippen LogP contribution is 2.38. The standard InChI is InChI=1S/C20H26N2O4/c1-3-18(23)22-10-4-9-20(13-22,19(24)25)12-16-11-17(21-26-16)15-7-5-14(2)6-8-15/h5-8,16H,3-4,9-13H2,1-2H3,(H,24,25)/t16-,20-/m0/s1. The maximum Gasteiger partial charge on any atom is 0.311 e. The minimum Gasteiger partial charge on any atom is -0.481 e. The SMILES string of the molecule is CCC(=O)N1CCC[C@@](C[C@@H]2CC(c3ccc(C)cc3)=NO2)(C(=O)O)C1. The number of carboxylic acid groups (broad SMARTS) is 1. The highest BCUT2D eigenvalue weighted by molar-refractivity contribution is 6.01. The fourth-order valence-electron chi connectivity index (χ4n) is 3.89. The Labute approximate surface area is 153 Å². The first-order chi connectivity index (χ1) is 12.4. The van der Waals surface area contributed by atoms with Gasteiger partial charge in [-0.1, -0.05) is 41.9 Å². The van der Waals surface area contributed by atoms with Crippen LogP contribution in [0.15, 0.2) is 29.4 Å². The number of piperidine rings is 1. The lowest BCUT2D eigenvalue weighted by Gasteiger charge is -2.40. The zero-order valence-electron chi connectivity index (χ0n) is 15.4. The third kappa shape index (κ3) is 3.74. The van der Waals surface area contributed by atoms with E-state index in [0.29, 0.717) is 38.6 Å². The largest absolute Gasteiger partial charge is 0.481 e. The van der Waals surface area contributed by atoms with Gasteiger partial charge >= 0.3 is 5.97 Å². The van der Waals surface area contributed by atoms with E-state index in [-0.39, 0.29) is 18.6 Å². The number of aliphatic carboxylic acids is 1. The zero-order chi connectivity index (χ0) is 18.7. The van der Waals surface area contributed by atoms with E-state index in [0.717, 1.165) is 11.3 Å². The summed E-state index contributed by atoms with van der Waals surface area (Å²) in [5.74, 6) is -0.835. The van der Waals surface area contributed by atoms with Crippen molar-refractivity contribution in [2.45, 2.75) is 52.1 Å². The zero-order valence-corrected chi connectivity index (χ0v) is 15.4. The van der Waals surface area contributed by atoms with E-state index < -0.39 is 11.4 Å². The molecule has 3 rings (SSSR count). The molecule has 1 fully saturated rings. The Bertz CT molecular complexity index is 713. The number of oxime groups is 1. The van der Waals surface area contributed by atoms with Crippen molar-refractivity contribution in [2.24, 2.45) is 10.6 Å². The molecular weight excluding hydrogens is 332 g/mol. The fraction of sp³-hybridized carbons (Fsp3) is 0.550. The van der Waals surface area contributed by atoms with Crippen molar-refractivity contribution in [3.8, 4) is 0 Å². The molecule has 2 heterocycles. The van der Waals surface area contributed by atoms with Crippen LogP contribution in [0.4, 0.5) is 0 Å². The molecule has 0 aliphatic carbocycles. The van der Waals surface area contributed by atoms with Crippen LogP contribution in [0.3, 0.4) is 0 Å². The maximum atomic E-state index is 12.1. The minimum absolute atomic E-state index is 0.0132. The van der Waals surface area contributed by atoms with Gasteiger partial charge in [-0.25, -0.2) is 0 Å². The summed E-state index contributed by atoms with van der Waals surface area (Å²) >= 11 is 0. The fourth-order valence-corrected chi connectivity index (χ4v) is 3.89. The molecule has 6 heteroatoms. The van der Waals surface area contributed by atoms with Crippen LogP contribution < -0.4 is 0 Å². The predicted octanol–water partition coefficient (Wildman–Crippen LogP) is 2.98. The number of likely N-dealkylation sites (tertiary alicyclic amines) is 1. The summed E-state index contributed by atoms with van der Waals surface area (Å²) in [5.41, 5.74) is 2.09. The highest BCUT2D eigenvalue weighted by Gasteiger charge is 2.46. The van der Waals surface area contributed by atoms with Gasteiger partial charge in [0.05, 0.1) is 11.1 Å². The van der Waals surface area contributed by atoms with E-state index in [9.17, 15) is 14.7 Å². The molecule has 0 unspecified atom stereocenters. The average molecular weight is 358 g/mol. The van der Waals surface area contributed by atoms with Crippen LogP contribution in [0.2, 0.25) is 0 Å². The quantitative estimate of drug-likeness (QED) is 0.877. The van der Waals surface area contributed by atoms with Crippen LogP contribution in [0.1, 0.15) is 50.2 Å². The van der Waals surface area contributed by atoms with Crippen molar-refractivity contribution in [2.75, 3.05) is 13.1 Å². The van der Waals surface area contributed by atoms with Gasteiger partial charge in [-0.15, -0.1) is 0 Å². The summed E-state index contributed by atoms with van der Waals surface area (Å²) in [7, 11) is 0. The van der Waals surface area contributed by atoms with Crippen LogP contribution in [0.25, 0.3) is 0 Å².